The average molecular weight is 295 g/mol. The van der Waals surface area contributed by atoms with Gasteiger partial charge in [0, 0.05) is 5.56 Å². The van der Waals surface area contributed by atoms with E-state index < -0.39 is 0 Å². The summed E-state index contributed by atoms with van der Waals surface area (Å²) in [6, 6.07) is 13.4. The molecule has 0 saturated carbocycles. The highest BCUT2D eigenvalue weighted by Gasteiger charge is 2.18. The lowest BCUT2D eigenvalue weighted by molar-refractivity contribution is -0.116. The molecule has 3 rings (SSSR count). The van der Waals surface area contributed by atoms with Crippen molar-refractivity contribution in [2.24, 2.45) is 0 Å². The molecule has 112 valence electrons. The Balaban J connectivity index is 1.99. The molecular formula is C18H17NO3. The maximum Gasteiger partial charge on any atom is 0.227 e. The summed E-state index contributed by atoms with van der Waals surface area (Å²) in [6.45, 7) is 4.54. The van der Waals surface area contributed by atoms with Crippen LogP contribution < -0.4 is 14.8 Å². The minimum absolute atomic E-state index is 0.0361. The monoisotopic (exact) mass is 295 g/mol. The summed E-state index contributed by atoms with van der Waals surface area (Å²) in [5.41, 5.74) is 3.39. The number of benzene rings is 2. The zero-order valence-corrected chi connectivity index (χ0v) is 12.4. The molecule has 0 fully saturated rings. The van der Waals surface area contributed by atoms with E-state index in [1.807, 2.05) is 42.5 Å². The normalized spacial score (nSPS) is 13.4. The molecule has 1 amide bonds. The van der Waals surface area contributed by atoms with Gasteiger partial charge in [-0.05, 0) is 29.3 Å². The number of fused-ring (bicyclic) bond motifs is 1. The van der Waals surface area contributed by atoms with E-state index >= 15 is 0 Å². The second kappa shape index (κ2) is 5.93. The lowest BCUT2D eigenvalue weighted by atomic mass is 9.98. The molecule has 0 spiro atoms. The van der Waals surface area contributed by atoms with Crippen LogP contribution >= 0.6 is 0 Å². The van der Waals surface area contributed by atoms with E-state index in [0.29, 0.717) is 24.5 Å². The van der Waals surface area contributed by atoms with Crippen molar-refractivity contribution in [3.8, 4) is 11.5 Å². The highest BCUT2D eigenvalue weighted by Crippen LogP contribution is 2.37. The molecule has 0 aromatic heterocycles. The van der Waals surface area contributed by atoms with Gasteiger partial charge in [0.05, 0.1) is 25.8 Å². The van der Waals surface area contributed by atoms with Crippen molar-refractivity contribution in [3.05, 3.63) is 60.2 Å². The largest absolute Gasteiger partial charge is 0.497 e. The number of rotatable bonds is 3. The predicted molar refractivity (Wildman–Crippen MR) is 86.3 cm³/mol. The third-order valence-electron chi connectivity index (χ3n) is 3.63. The van der Waals surface area contributed by atoms with Crippen molar-refractivity contribution in [3.63, 3.8) is 0 Å². The second-order valence-corrected chi connectivity index (χ2v) is 5.04. The van der Waals surface area contributed by atoms with Gasteiger partial charge in [0.1, 0.15) is 5.75 Å². The summed E-state index contributed by atoms with van der Waals surface area (Å²) < 4.78 is 10.9. The number of methoxy groups -OCH3 is 1. The molecule has 4 nitrogen and oxygen atoms in total. The van der Waals surface area contributed by atoms with E-state index in [1.165, 1.54) is 0 Å². The van der Waals surface area contributed by atoms with Crippen molar-refractivity contribution in [2.45, 2.75) is 6.42 Å². The van der Waals surface area contributed by atoms with Crippen molar-refractivity contribution >= 4 is 17.2 Å². The van der Waals surface area contributed by atoms with Gasteiger partial charge < -0.3 is 14.8 Å². The quantitative estimate of drug-likeness (QED) is 0.943. The van der Waals surface area contributed by atoms with E-state index in [2.05, 4.69) is 11.9 Å². The van der Waals surface area contributed by atoms with Gasteiger partial charge >= 0.3 is 0 Å². The molecule has 1 aliphatic rings. The van der Waals surface area contributed by atoms with E-state index in [0.717, 1.165) is 22.4 Å². The highest BCUT2D eigenvalue weighted by molar-refractivity contribution is 5.95. The van der Waals surface area contributed by atoms with Crippen LogP contribution in [-0.2, 0) is 4.79 Å². The Morgan fingerprint density at radius 1 is 1.23 bits per heavy atom. The van der Waals surface area contributed by atoms with Gasteiger partial charge in [0.2, 0.25) is 5.91 Å². The van der Waals surface area contributed by atoms with Crippen LogP contribution in [0.5, 0.6) is 11.5 Å². The Hall–Kier alpha value is -2.75. The molecule has 2 aromatic carbocycles. The molecule has 1 heterocycles. The maximum atomic E-state index is 11.6. The van der Waals surface area contributed by atoms with Crippen molar-refractivity contribution in [2.75, 3.05) is 19.0 Å². The smallest absolute Gasteiger partial charge is 0.227 e. The molecule has 0 aliphatic carbocycles. The molecule has 0 bridgehead atoms. The predicted octanol–water partition coefficient (Wildman–Crippen LogP) is 3.48. The van der Waals surface area contributed by atoms with Crippen molar-refractivity contribution in [1.29, 1.82) is 0 Å². The summed E-state index contributed by atoms with van der Waals surface area (Å²) in [4.78, 5) is 11.6. The van der Waals surface area contributed by atoms with E-state index in [-0.39, 0.29) is 5.91 Å². The minimum Gasteiger partial charge on any atom is -0.497 e. The molecule has 0 saturated heterocycles. The fraction of sp³-hybridized carbons (Fsp3) is 0.167. The van der Waals surface area contributed by atoms with Crippen LogP contribution in [0.3, 0.4) is 0 Å². The first kappa shape index (κ1) is 14.2. The molecule has 22 heavy (non-hydrogen) atoms. The Kier molecular flexibility index (Phi) is 3.83. The van der Waals surface area contributed by atoms with Crippen LogP contribution in [0.4, 0.5) is 5.69 Å². The third kappa shape index (κ3) is 2.68. The van der Waals surface area contributed by atoms with E-state index in [1.54, 1.807) is 7.11 Å². The zero-order valence-electron chi connectivity index (χ0n) is 12.4. The molecule has 4 heteroatoms. The van der Waals surface area contributed by atoms with Crippen molar-refractivity contribution in [1.82, 2.24) is 0 Å². The summed E-state index contributed by atoms with van der Waals surface area (Å²) in [5, 5.41) is 2.86. The fourth-order valence-corrected chi connectivity index (χ4v) is 2.43. The van der Waals surface area contributed by atoms with Crippen LogP contribution in [0.2, 0.25) is 0 Å². The lowest BCUT2D eigenvalue weighted by Gasteiger charge is -2.15. The number of ether oxygens (including phenoxy) is 2. The molecule has 2 aromatic rings. The number of nitrogens with one attached hydrogen (secondary N) is 1. The van der Waals surface area contributed by atoms with Gasteiger partial charge in [0.25, 0.3) is 0 Å². The van der Waals surface area contributed by atoms with Gasteiger partial charge in [0.15, 0.2) is 5.75 Å². The molecule has 0 radical (unpaired) electrons. The summed E-state index contributed by atoms with van der Waals surface area (Å²) >= 11 is 0. The van der Waals surface area contributed by atoms with Gasteiger partial charge in [-0.2, -0.15) is 0 Å². The molecular weight excluding hydrogens is 278 g/mol. The summed E-state index contributed by atoms with van der Waals surface area (Å²) in [6.07, 6.45) is 0.350. The van der Waals surface area contributed by atoms with Crippen LogP contribution in [0.1, 0.15) is 17.5 Å². The highest BCUT2D eigenvalue weighted by atomic mass is 16.5. The first-order valence-corrected chi connectivity index (χ1v) is 7.08. The van der Waals surface area contributed by atoms with Gasteiger partial charge in [-0.1, -0.05) is 30.8 Å². The van der Waals surface area contributed by atoms with Gasteiger partial charge in [-0.3, -0.25) is 4.79 Å². The van der Waals surface area contributed by atoms with E-state index in [4.69, 9.17) is 9.47 Å². The fourth-order valence-electron chi connectivity index (χ4n) is 2.43. The number of anilines is 1. The topological polar surface area (TPSA) is 47.6 Å². The van der Waals surface area contributed by atoms with Crippen LogP contribution in [-0.4, -0.2) is 19.6 Å². The Morgan fingerprint density at radius 2 is 2.00 bits per heavy atom. The number of hydrogen-bond donors (Lipinski definition) is 1. The first-order valence-electron chi connectivity index (χ1n) is 7.08. The van der Waals surface area contributed by atoms with Crippen molar-refractivity contribution < 1.29 is 14.3 Å². The Bertz CT molecular complexity index is 720. The maximum absolute atomic E-state index is 11.6. The van der Waals surface area contributed by atoms with Crippen LogP contribution in [0.25, 0.3) is 5.57 Å². The number of carbonyl (C=O) groups is 1. The third-order valence-corrected chi connectivity index (χ3v) is 3.63. The van der Waals surface area contributed by atoms with Gasteiger partial charge in [-0.25, -0.2) is 0 Å². The average Bonchev–Trinajstić information content (AvgIpc) is 2.74. The number of para-hydroxylation sites is 1. The lowest BCUT2D eigenvalue weighted by Crippen LogP contribution is -2.10. The Labute approximate surface area is 129 Å². The van der Waals surface area contributed by atoms with Gasteiger partial charge in [-0.15, -0.1) is 0 Å². The summed E-state index contributed by atoms with van der Waals surface area (Å²) in [7, 11) is 1.64. The SMILES string of the molecule is C=C(c1ccc(OC)cc1)c1cccc2c1OCCC(=O)N2. The second-order valence-electron chi connectivity index (χ2n) is 5.04. The molecule has 0 unspecified atom stereocenters. The first-order chi connectivity index (χ1) is 10.7. The zero-order chi connectivity index (χ0) is 15.5. The Morgan fingerprint density at radius 3 is 2.73 bits per heavy atom. The molecule has 1 aliphatic heterocycles. The van der Waals surface area contributed by atoms with Crippen LogP contribution in [0, 0.1) is 0 Å². The molecule has 0 atom stereocenters. The number of amides is 1. The number of hydrogen-bond acceptors (Lipinski definition) is 3. The van der Waals surface area contributed by atoms with Crippen LogP contribution in [0.15, 0.2) is 49.0 Å². The van der Waals surface area contributed by atoms with E-state index in [9.17, 15) is 4.79 Å². The summed E-state index contributed by atoms with van der Waals surface area (Å²) in [5.74, 6) is 1.44. The minimum atomic E-state index is -0.0361. The number of carbonyl (C=O) groups excluding carboxylic acids is 1. The standard InChI is InChI=1S/C18H17NO3/c1-12(13-6-8-14(21-2)9-7-13)15-4-3-5-16-18(15)22-11-10-17(20)19-16/h3-9H,1,10-11H2,2H3,(H,19,20). The molecule has 1 N–H and O–H groups in total.